The van der Waals surface area contributed by atoms with Gasteiger partial charge in [0.25, 0.3) is 0 Å². The molecule has 0 saturated carbocycles. The molecule has 1 aromatic rings. The molecule has 1 aromatic carbocycles. The molecular formula is C12H13ClF3NO. The van der Waals surface area contributed by atoms with E-state index in [0.29, 0.717) is 5.02 Å². The molecule has 1 aliphatic heterocycles. The van der Waals surface area contributed by atoms with Crippen molar-refractivity contribution in [1.82, 2.24) is 5.32 Å². The minimum absolute atomic E-state index is 0.168. The predicted octanol–water partition coefficient (Wildman–Crippen LogP) is 3.36. The van der Waals surface area contributed by atoms with E-state index in [9.17, 15) is 13.2 Å². The van der Waals surface area contributed by atoms with Crippen LogP contribution in [0.25, 0.3) is 0 Å². The van der Waals surface area contributed by atoms with Gasteiger partial charge in [-0.05, 0) is 42.6 Å². The normalized spacial score (nSPS) is 20.1. The Labute approximate surface area is 108 Å². The van der Waals surface area contributed by atoms with Gasteiger partial charge in [-0.15, -0.1) is 0 Å². The van der Waals surface area contributed by atoms with Crippen molar-refractivity contribution in [3.05, 3.63) is 28.8 Å². The van der Waals surface area contributed by atoms with Gasteiger partial charge in [0, 0.05) is 11.6 Å². The molecule has 0 amide bonds. The Morgan fingerprint density at radius 2 is 2.11 bits per heavy atom. The van der Waals surface area contributed by atoms with Gasteiger partial charge in [-0.2, -0.15) is 13.2 Å². The molecule has 0 aliphatic carbocycles. The summed E-state index contributed by atoms with van der Waals surface area (Å²) >= 11 is 5.90. The van der Waals surface area contributed by atoms with E-state index in [1.165, 1.54) is 6.07 Å². The Bertz CT molecular complexity index is 416. The SMILES string of the molecule is FC(F)(F)COc1cc(Cl)cc(C2CCNC2)c1. The maximum absolute atomic E-state index is 12.1. The topological polar surface area (TPSA) is 21.3 Å². The lowest BCUT2D eigenvalue weighted by atomic mass is 9.98. The maximum atomic E-state index is 12.1. The Balaban J connectivity index is 2.10. The van der Waals surface area contributed by atoms with Crippen LogP contribution in [0.3, 0.4) is 0 Å². The van der Waals surface area contributed by atoms with Crippen LogP contribution in [0.5, 0.6) is 5.75 Å². The second kappa shape index (κ2) is 5.36. The van der Waals surface area contributed by atoms with Crippen LogP contribution in [0.1, 0.15) is 17.9 Å². The van der Waals surface area contributed by atoms with E-state index >= 15 is 0 Å². The van der Waals surface area contributed by atoms with E-state index in [1.54, 1.807) is 12.1 Å². The molecule has 1 atom stereocenters. The third-order valence-electron chi connectivity index (χ3n) is 2.83. The average molecular weight is 280 g/mol. The molecule has 1 N–H and O–H groups in total. The quantitative estimate of drug-likeness (QED) is 0.916. The summed E-state index contributed by atoms with van der Waals surface area (Å²) in [7, 11) is 0. The number of alkyl halides is 3. The highest BCUT2D eigenvalue weighted by atomic mass is 35.5. The van der Waals surface area contributed by atoms with Crippen LogP contribution in [-0.2, 0) is 0 Å². The average Bonchev–Trinajstić information content (AvgIpc) is 2.78. The third-order valence-corrected chi connectivity index (χ3v) is 3.05. The van der Waals surface area contributed by atoms with Crippen LogP contribution in [0.4, 0.5) is 13.2 Å². The second-order valence-electron chi connectivity index (χ2n) is 4.31. The summed E-state index contributed by atoms with van der Waals surface area (Å²) in [5.41, 5.74) is 0.921. The fourth-order valence-corrected chi connectivity index (χ4v) is 2.24. The molecule has 1 fully saturated rings. The van der Waals surface area contributed by atoms with Crippen molar-refractivity contribution in [2.45, 2.75) is 18.5 Å². The number of ether oxygens (including phenoxy) is 1. The summed E-state index contributed by atoms with van der Waals surface area (Å²) < 4.78 is 40.9. The summed E-state index contributed by atoms with van der Waals surface area (Å²) in [5, 5.41) is 3.60. The van der Waals surface area contributed by atoms with E-state index in [4.69, 9.17) is 16.3 Å². The van der Waals surface area contributed by atoms with Crippen LogP contribution in [0, 0.1) is 0 Å². The van der Waals surface area contributed by atoms with Gasteiger partial charge in [-0.25, -0.2) is 0 Å². The summed E-state index contributed by atoms with van der Waals surface area (Å²) in [5.74, 6) is 0.457. The highest BCUT2D eigenvalue weighted by Gasteiger charge is 2.28. The first-order chi connectivity index (χ1) is 8.44. The van der Waals surface area contributed by atoms with Crippen LogP contribution < -0.4 is 10.1 Å². The zero-order valence-corrected chi connectivity index (χ0v) is 10.3. The van der Waals surface area contributed by atoms with E-state index in [-0.39, 0.29) is 11.7 Å². The van der Waals surface area contributed by atoms with E-state index in [1.807, 2.05) is 0 Å². The van der Waals surface area contributed by atoms with Gasteiger partial charge in [0.05, 0.1) is 0 Å². The first-order valence-corrected chi connectivity index (χ1v) is 6.02. The molecule has 18 heavy (non-hydrogen) atoms. The summed E-state index contributed by atoms with van der Waals surface area (Å²) in [6.07, 6.45) is -3.38. The van der Waals surface area contributed by atoms with Gasteiger partial charge in [0.1, 0.15) is 5.75 Å². The number of hydrogen-bond acceptors (Lipinski definition) is 2. The van der Waals surface area contributed by atoms with E-state index in [0.717, 1.165) is 25.1 Å². The minimum atomic E-state index is -4.34. The number of benzene rings is 1. The first kappa shape index (κ1) is 13.5. The molecule has 0 spiro atoms. The van der Waals surface area contributed by atoms with Gasteiger partial charge < -0.3 is 10.1 Å². The molecule has 0 bridgehead atoms. The van der Waals surface area contributed by atoms with Crippen molar-refractivity contribution in [2.24, 2.45) is 0 Å². The molecule has 0 radical (unpaired) electrons. The summed E-state index contributed by atoms with van der Waals surface area (Å²) in [6, 6.07) is 4.81. The lowest BCUT2D eigenvalue weighted by Crippen LogP contribution is -2.19. The molecular weight excluding hydrogens is 267 g/mol. The fourth-order valence-electron chi connectivity index (χ4n) is 2.01. The van der Waals surface area contributed by atoms with Crippen molar-refractivity contribution in [1.29, 1.82) is 0 Å². The molecule has 2 rings (SSSR count). The Morgan fingerprint density at radius 3 is 2.72 bits per heavy atom. The standard InChI is InChI=1S/C12H13ClF3NO/c13-10-3-9(8-1-2-17-6-8)4-11(5-10)18-7-12(14,15)16/h3-5,8,17H,1-2,6-7H2. The van der Waals surface area contributed by atoms with E-state index < -0.39 is 12.8 Å². The molecule has 1 aliphatic rings. The van der Waals surface area contributed by atoms with Crippen LogP contribution in [-0.4, -0.2) is 25.9 Å². The first-order valence-electron chi connectivity index (χ1n) is 5.65. The highest BCUT2D eigenvalue weighted by molar-refractivity contribution is 6.30. The van der Waals surface area contributed by atoms with Gasteiger partial charge in [0.2, 0.25) is 0 Å². The van der Waals surface area contributed by atoms with E-state index in [2.05, 4.69) is 5.32 Å². The number of halogens is 4. The third kappa shape index (κ3) is 3.78. The molecule has 1 heterocycles. The largest absolute Gasteiger partial charge is 0.484 e. The van der Waals surface area contributed by atoms with Crippen molar-refractivity contribution in [3.63, 3.8) is 0 Å². The van der Waals surface area contributed by atoms with Gasteiger partial charge >= 0.3 is 6.18 Å². The van der Waals surface area contributed by atoms with Gasteiger partial charge in [-0.3, -0.25) is 0 Å². The Hall–Kier alpha value is -0.940. The predicted molar refractivity (Wildman–Crippen MR) is 63.2 cm³/mol. The zero-order chi connectivity index (χ0) is 13.2. The second-order valence-corrected chi connectivity index (χ2v) is 4.75. The smallest absolute Gasteiger partial charge is 0.422 e. The van der Waals surface area contributed by atoms with Crippen molar-refractivity contribution >= 4 is 11.6 Å². The number of rotatable bonds is 3. The maximum Gasteiger partial charge on any atom is 0.422 e. The monoisotopic (exact) mass is 279 g/mol. The van der Waals surface area contributed by atoms with Gasteiger partial charge in [0.15, 0.2) is 6.61 Å². The Morgan fingerprint density at radius 1 is 1.33 bits per heavy atom. The summed E-state index contributed by atoms with van der Waals surface area (Å²) in [4.78, 5) is 0. The van der Waals surface area contributed by atoms with Crippen molar-refractivity contribution in [3.8, 4) is 5.75 Å². The minimum Gasteiger partial charge on any atom is -0.484 e. The highest BCUT2D eigenvalue weighted by Crippen LogP contribution is 2.30. The number of nitrogens with one attached hydrogen (secondary N) is 1. The molecule has 1 saturated heterocycles. The van der Waals surface area contributed by atoms with Gasteiger partial charge in [-0.1, -0.05) is 11.6 Å². The molecule has 2 nitrogen and oxygen atoms in total. The van der Waals surface area contributed by atoms with Crippen LogP contribution in [0.15, 0.2) is 18.2 Å². The lowest BCUT2D eigenvalue weighted by molar-refractivity contribution is -0.153. The zero-order valence-electron chi connectivity index (χ0n) is 9.56. The van der Waals surface area contributed by atoms with Crippen molar-refractivity contribution in [2.75, 3.05) is 19.7 Å². The van der Waals surface area contributed by atoms with Crippen LogP contribution >= 0.6 is 11.6 Å². The summed E-state index contributed by atoms with van der Waals surface area (Å²) in [6.45, 7) is 0.435. The lowest BCUT2D eigenvalue weighted by Gasteiger charge is -2.13. The fraction of sp³-hybridized carbons (Fsp3) is 0.500. The number of hydrogen-bond donors (Lipinski definition) is 1. The molecule has 1 unspecified atom stereocenters. The van der Waals surface area contributed by atoms with Crippen LogP contribution in [0.2, 0.25) is 5.02 Å². The Kier molecular flexibility index (Phi) is 4.02. The van der Waals surface area contributed by atoms with Crippen molar-refractivity contribution < 1.29 is 17.9 Å². The molecule has 100 valence electrons. The molecule has 0 aromatic heterocycles. The molecule has 6 heteroatoms.